The number of ether oxygens (including phenoxy) is 1. The number of halogens is 3. The zero-order chi connectivity index (χ0) is 23.8. The SMILES string of the molecule is C.C/C=C/C(=O)Cl.CCO/C=C/C(=O)Nc1cc(C)cc(Br)c1.Cc1cc(N)cc(Br)c1. The average Bonchev–Trinajstić information content (AvgIpc) is 2.60. The topological polar surface area (TPSA) is 81.4 Å². The van der Waals surface area contributed by atoms with Crippen LogP contribution in [0.25, 0.3) is 0 Å². The van der Waals surface area contributed by atoms with Crippen LogP contribution in [-0.4, -0.2) is 17.8 Å². The second kappa shape index (κ2) is 18.5. The molecule has 5 nitrogen and oxygen atoms in total. The summed E-state index contributed by atoms with van der Waals surface area (Å²) in [5, 5.41) is 2.33. The quantitative estimate of drug-likeness (QED) is 0.163. The second-order valence-corrected chi connectivity index (χ2v) is 8.33. The van der Waals surface area contributed by atoms with Crippen molar-refractivity contribution in [2.24, 2.45) is 0 Å². The number of allylic oxidation sites excluding steroid dienone is 2. The predicted molar refractivity (Wildman–Crippen MR) is 144 cm³/mol. The molecule has 0 atom stereocenters. The number of nitrogens with two attached hydrogens (primary N) is 1. The van der Waals surface area contributed by atoms with E-state index in [1.165, 1.54) is 24.0 Å². The van der Waals surface area contributed by atoms with Crippen molar-refractivity contribution in [3.05, 3.63) is 81.0 Å². The maximum atomic E-state index is 11.4. The molecule has 0 spiro atoms. The Morgan fingerprint density at radius 1 is 1.03 bits per heavy atom. The molecule has 8 heteroatoms. The number of carbonyl (C=O) groups excluding carboxylic acids is 2. The molecule has 0 radical (unpaired) electrons. The minimum Gasteiger partial charge on any atom is -0.501 e. The molecule has 0 heterocycles. The number of benzene rings is 2. The molecule has 0 saturated heterocycles. The van der Waals surface area contributed by atoms with Gasteiger partial charge in [-0.3, -0.25) is 9.59 Å². The van der Waals surface area contributed by atoms with E-state index in [2.05, 4.69) is 37.2 Å². The number of hydrogen-bond acceptors (Lipinski definition) is 4. The summed E-state index contributed by atoms with van der Waals surface area (Å²) in [5.74, 6) is -0.203. The summed E-state index contributed by atoms with van der Waals surface area (Å²) >= 11 is 11.6. The number of aryl methyl sites for hydroxylation is 2. The van der Waals surface area contributed by atoms with Gasteiger partial charge in [0.25, 0.3) is 5.91 Å². The van der Waals surface area contributed by atoms with Crippen molar-refractivity contribution < 1.29 is 14.3 Å². The Morgan fingerprint density at radius 2 is 1.59 bits per heavy atom. The molecule has 2 rings (SSSR count). The zero-order valence-electron chi connectivity index (χ0n) is 17.9. The maximum Gasteiger partial charge on any atom is 0.251 e. The highest BCUT2D eigenvalue weighted by Crippen LogP contribution is 2.19. The van der Waals surface area contributed by atoms with E-state index >= 15 is 0 Å². The molecule has 3 N–H and O–H groups in total. The first-order valence-corrected chi connectivity index (χ1v) is 11.2. The molecule has 2 aromatic rings. The van der Waals surface area contributed by atoms with Crippen LogP contribution in [0, 0.1) is 13.8 Å². The van der Waals surface area contributed by atoms with Gasteiger partial charge < -0.3 is 15.8 Å². The molecule has 0 aliphatic rings. The standard InChI is InChI=1S/C12H14BrNO2.C7H8BrN.C4H5ClO.CH4/c1-3-16-5-4-12(15)14-11-7-9(2)6-10(13)8-11;1-5-2-6(8)4-7(9)3-5;1-2-3-4(5)6;/h4-8H,3H2,1-2H3,(H,14,15);2-4H,9H2,1H3;2-3H,1H3;1H4/b5-4+;;3-2+;. The van der Waals surface area contributed by atoms with Gasteiger partial charge in [-0.25, -0.2) is 0 Å². The smallest absolute Gasteiger partial charge is 0.251 e. The number of carbonyl (C=O) groups is 2. The zero-order valence-corrected chi connectivity index (χ0v) is 21.8. The highest BCUT2D eigenvalue weighted by Gasteiger charge is 2.00. The van der Waals surface area contributed by atoms with E-state index in [1.54, 1.807) is 13.0 Å². The van der Waals surface area contributed by atoms with E-state index in [9.17, 15) is 9.59 Å². The summed E-state index contributed by atoms with van der Waals surface area (Å²) in [5.41, 5.74) is 9.36. The first-order chi connectivity index (χ1) is 14.6. The van der Waals surface area contributed by atoms with Crippen molar-refractivity contribution >= 4 is 66.0 Å². The van der Waals surface area contributed by atoms with E-state index in [0.29, 0.717) is 6.61 Å². The molecule has 0 aliphatic heterocycles. The summed E-state index contributed by atoms with van der Waals surface area (Å²) in [6, 6.07) is 11.6. The van der Waals surface area contributed by atoms with Crippen LogP contribution in [0.5, 0.6) is 0 Å². The van der Waals surface area contributed by atoms with E-state index < -0.39 is 5.24 Å². The largest absolute Gasteiger partial charge is 0.501 e. The molecular formula is C24H31Br2ClN2O3. The van der Waals surface area contributed by atoms with Gasteiger partial charge in [0.1, 0.15) is 0 Å². The highest BCUT2D eigenvalue weighted by atomic mass is 79.9. The van der Waals surface area contributed by atoms with Gasteiger partial charge in [-0.15, -0.1) is 0 Å². The molecule has 2 aromatic carbocycles. The van der Waals surface area contributed by atoms with Crippen LogP contribution in [0.1, 0.15) is 32.4 Å². The first kappa shape index (κ1) is 32.1. The monoisotopic (exact) mass is 588 g/mol. The first-order valence-electron chi connectivity index (χ1n) is 9.28. The maximum absolute atomic E-state index is 11.4. The summed E-state index contributed by atoms with van der Waals surface area (Å²) in [4.78, 5) is 21.1. The average molecular weight is 591 g/mol. The van der Waals surface area contributed by atoms with Gasteiger partial charge in [-0.05, 0) is 92.9 Å². The Bertz CT molecular complexity index is 845. The van der Waals surface area contributed by atoms with Crippen LogP contribution in [0.15, 0.2) is 69.8 Å². The number of nitrogen functional groups attached to an aromatic ring is 1. The molecule has 0 bridgehead atoms. The Hall–Kier alpha value is -2.09. The van der Waals surface area contributed by atoms with Crippen LogP contribution in [-0.2, 0) is 14.3 Å². The van der Waals surface area contributed by atoms with Crippen LogP contribution in [0.3, 0.4) is 0 Å². The lowest BCUT2D eigenvalue weighted by molar-refractivity contribution is -0.112. The van der Waals surface area contributed by atoms with Gasteiger partial charge in [-0.2, -0.15) is 0 Å². The molecule has 0 saturated carbocycles. The van der Waals surface area contributed by atoms with Gasteiger partial charge in [0.2, 0.25) is 5.24 Å². The molecule has 0 unspecified atom stereocenters. The molecule has 1 amide bonds. The molecule has 0 aliphatic carbocycles. The van der Waals surface area contributed by atoms with Gasteiger partial charge in [0.15, 0.2) is 0 Å². The van der Waals surface area contributed by atoms with Crippen molar-refractivity contribution in [2.75, 3.05) is 17.7 Å². The van der Waals surface area contributed by atoms with E-state index in [1.807, 2.05) is 57.2 Å². The lowest BCUT2D eigenvalue weighted by Crippen LogP contribution is -2.08. The summed E-state index contributed by atoms with van der Waals surface area (Å²) in [6.07, 6.45) is 5.64. The minimum absolute atomic E-state index is 0. The number of amides is 1. The predicted octanol–water partition coefficient (Wildman–Crippen LogP) is 7.55. The minimum atomic E-state index is -0.419. The molecule has 0 aromatic heterocycles. The third kappa shape index (κ3) is 17.6. The lowest BCUT2D eigenvalue weighted by Gasteiger charge is -2.04. The summed E-state index contributed by atoms with van der Waals surface area (Å²) in [6.45, 7) is 8.14. The Labute approximate surface area is 213 Å². The van der Waals surface area contributed by atoms with Crippen molar-refractivity contribution in [3.63, 3.8) is 0 Å². The lowest BCUT2D eigenvalue weighted by atomic mass is 10.2. The van der Waals surface area contributed by atoms with Crippen molar-refractivity contribution in [2.45, 2.75) is 35.1 Å². The van der Waals surface area contributed by atoms with Crippen molar-refractivity contribution in [1.82, 2.24) is 0 Å². The number of hydrogen-bond donors (Lipinski definition) is 2. The normalized spacial score (nSPS) is 9.72. The van der Waals surface area contributed by atoms with Crippen LogP contribution >= 0.6 is 43.5 Å². The van der Waals surface area contributed by atoms with Crippen molar-refractivity contribution in [1.29, 1.82) is 0 Å². The Balaban J connectivity index is 0. The van der Waals surface area contributed by atoms with Gasteiger partial charge in [0.05, 0.1) is 12.9 Å². The van der Waals surface area contributed by atoms with Crippen LogP contribution in [0.2, 0.25) is 0 Å². The number of anilines is 2. The van der Waals surface area contributed by atoms with E-state index in [4.69, 9.17) is 22.1 Å². The Morgan fingerprint density at radius 3 is 2.00 bits per heavy atom. The number of rotatable bonds is 5. The third-order valence-electron chi connectivity index (χ3n) is 3.15. The van der Waals surface area contributed by atoms with Gasteiger partial charge >= 0.3 is 0 Å². The van der Waals surface area contributed by atoms with E-state index in [0.717, 1.165) is 25.9 Å². The third-order valence-corrected chi connectivity index (χ3v) is 4.20. The number of nitrogens with one attached hydrogen (secondary N) is 1. The summed E-state index contributed by atoms with van der Waals surface area (Å²) in [7, 11) is 0. The van der Waals surface area contributed by atoms with Gasteiger partial charge in [0, 0.05) is 26.4 Å². The highest BCUT2D eigenvalue weighted by molar-refractivity contribution is 9.10. The van der Waals surface area contributed by atoms with Gasteiger partial charge in [-0.1, -0.05) is 45.4 Å². The molecule has 32 heavy (non-hydrogen) atoms. The fourth-order valence-electron chi connectivity index (χ4n) is 2.09. The van der Waals surface area contributed by atoms with E-state index in [-0.39, 0.29) is 13.3 Å². The fourth-order valence-corrected chi connectivity index (χ4v) is 3.45. The van der Waals surface area contributed by atoms with Crippen LogP contribution < -0.4 is 11.1 Å². The summed E-state index contributed by atoms with van der Waals surface area (Å²) < 4.78 is 6.92. The fraction of sp³-hybridized carbons (Fsp3) is 0.250. The van der Waals surface area contributed by atoms with Crippen molar-refractivity contribution in [3.8, 4) is 0 Å². The molecule has 0 fully saturated rings. The molecule has 176 valence electrons. The second-order valence-electron chi connectivity index (χ2n) is 6.13. The molecular weight excluding hydrogens is 560 g/mol. The Kier molecular flexibility index (Phi) is 18.5. The van der Waals surface area contributed by atoms with Crippen LogP contribution in [0.4, 0.5) is 11.4 Å².